The van der Waals surface area contributed by atoms with E-state index in [2.05, 4.69) is 9.51 Å². The standard InChI is InChI=1S/C9H15N4O7PS/c10-7-4(8(11)22)12-2-13(7)9-6(15)5(14)3(20-9)1-19-21(16,17)18/h2-3,5-6,9,14-15H,1,10H2,(H2,11,22)(H2,16,17,18)/p-2/t3-,5-,6-,9-/m1/s1. The third-order valence-electron chi connectivity index (χ3n) is 3.07. The highest BCUT2D eigenvalue weighted by molar-refractivity contribution is 7.80. The molecule has 0 aromatic carbocycles. The number of rotatable bonds is 5. The largest absolute Gasteiger partial charge is 0.790 e. The van der Waals surface area contributed by atoms with Crippen molar-refractivity contribution in [2.45, 2.75) is 24.5 Å². The van der Waals surface area contributed by atoms with Gasteiger partial charge >= 0.3 is 0 Å². The molecule has 6 N–H and O–H groups in total. The van der Waals surface area contributed by atoms with Gasteiger partial charge in [-0.2, -0.15) is 0 Å². The molecule has 1 aliphatic heterocycles. The van der Waals surface area contributed by atoms with E-state index < -0.39 is 39.0 Å². The van der Waals surface area contributed by atoms with E-state index in [0.717, 1.165) is 0 Å². The number of hydrogen-bond acceptors (Lipinski definition) is 10. The first-order valence-electron chi connectivity index (χ1n) is 5.92. The van der Waals surface area contributed by atoms with Gasteiger partial charge in [-0.05, 0) is 0 Å². The Morgan fingerprint density at radius 1 is 1.55 bits per heavy atom. The van der Waals surface area contributed by atoms with Gasteiger partial charge in [0, 0.05) is 0 Å². The second kappa shape index (κ2) is 6.18. The summed E-state index contributed by atoms with van der Waals surface area (Å²) in [6.07, 6.45) is -4.17. The number of hydrogen-bond donors (Lipinski definition) is 4. The van der Waals surface area contributed by atoms with Crippen LogP contribution in [0, 0.1) is 0 Å². The summed E-state index contributed by atoms with van der Waals surface area (Å²) in [5.41, 5.74) is 11.3. The Hall–Kier alpha value is -1.11. The first-order chi connectivity index (χ1) is 10.1. The Balaban J connectivity index is 2.16. The van der Waals surface area contributed by atoms with Crippen molar-refractivity contribution in [2.24, 2.45) is 5.73 Å². The zero-order chi connectivity index (χ0) is 16.7. The molecule has 0 spiro atoms. The maximum atomic E-state index is 10.4. The number of ether oxygens (including phenoxy) is 1. The van der Waals surface area contributed by atoms with E-state index in [4.69, 9.17) is 28.4 Å². The summed E-state index contributed by atoms with van der Waals surface area (Å²) in [6, 6.07) is 0. The SMILES string of the molecule is NC(=S)c1ncn([C@@H]2O[C@H](COP(=O)([O-])[O-])[C@@H](O)[C@H]2O)c1N. The molecule has 13 heteroatoms. The third-order valence-corrected chi connectivity index (χ3v) is 3.73. The third kappa shape index (κ3) is 3.45. The van der Waals surface area contributed by atoms with Crippen LogP contribution in [0.2, 0.25) is 0 Å². The van der Waals surface area contributed by atoms with Crippen molar-refractivity contribution in [3.05, 3.63) is 12.0 Å². The average molecular weight is 352 g/mol. The topological polar surface area (TPSA) is 192 Å². The maximum Gasteiger partial charge on any atom is 0.165 e. The summed E-state index contributed by atoms with van der Waals surface area (Å²) in [7, 11) is -5.22. The van der Waals surface area contributed by atoms with Gasteiger partial charge in [-0.1, -0.05) is 12.2 Å². The second-order valence-corrected chi connectivity index (χ2v) is 6.13. The number of thiocarbonyl (C=S) groups is 1. The smallest absolute Gasteiger partial charge is 0.165 e. The minimum absolute atomic E-state index is 0.00337. The van der Waals surface area contributed by atoms with Crippen LogP contribution in [-0.4, -0.2) is 49.7 Å². The number of anilines is 1. The zero-order valence-electron chi connectivity index (χ0n) is 10.9. The molecule has 0 saturated carbocycles. The molecule has 4 atom stereocenters. The van der Waals surface area contributed by atoms with E-state index >= 15 is 0 Å². The monoisotopic (exact) mass is 352 g/mol. The maximum absolute atomic E-state index is 10.4. The normalized spacial score (nSPS) is 28.9. The molecule has 0 amide bonds. The number of nitrogen functional groups attached to an aromatic ring is 1. The van der Waals surface area contributed by atoms with Crippen LogP contribution >= 0.6 is 20.0 Å². The Labute approximate surface area is 129 Å². The lowest BCUT2D eigenvalue weighted by Crippen LogP contribution is -2.34. The lowest BCUT2D eigenvalue weighted by Gasteiger charge is -2.30. The van der Waals surface area contributed by atoms with Crippen LogP contribution < -0.4 is 21.3 Å². The summed E-state index contributed by atoms with van der Waals surface area (Å²) in [5.74, 6) is 0.00337. The lowest BCUT2D eigenvalue weighted by atomic mass is 10.1. The van der Waals surface area contributed by atoms with E-state index in [0.29, 0.717) is 0 Å². The number of nitrogens with zero attached hydrogens (tertiary/aromatic N) is 2. The molecule has 1 aliphatic rings. The molecule has 1 aromatic rings. The summed E-state index contributed by atoms with van der Waals surface area (Å²) < 4.78 is 20.9. The minimum atomic E-state index is -5.22. The van der Waals surface area contributed by atoms with E-state index in [1.807, 2.05) is 0 Å². The number of phosphoric ester groups is 1. The summed E-state index contributed by atoms with van der Waals surface area (Å²) in [5, 5.41) is 19.8. The number of nitrogens with two attached hydrogens (primary N) is 2. The minimum Gasteiger partial charge on any atom is -0.790 e. The molecule has 0 unspecified atom stereocenters. The summed E-state index contributed by atoms with van der Waals surface area (Å²) in [4.78, 5) is 24.7. The fourth-order valence-corrected chi connectivity index (χ4v) is 2.51. The van der Waals surface area contributed by atoms with Crippen molar-refractivity contribution in [1.29, 1.82) is 0 Å². The molecule has 0 bridgehead atoms. The predicted molar refractivity (Wildman–Crippen MR) is 72.0 cm³/mol. The highest BCUT2D eigenvalue weighted by Crippen LogP contribution is 2.34. The van der Waals surface area contributed by atoms with Crippen LogP contribution in [0.25, 0.3) is 0 Å². The molecule has 1 saturated heterocycles. The molecular formula is C9H13N4O7PS-2. The molecule has 1 fully saturated rings. The van der Waals surface area contributed by atoms with Gasteiger partial charge in [0.15, 0.2) is 6.23 Å². The first-order valence-corrected chi connectivity index (χ1v) is 7.79. The molecule has 2 rings (SSSR count). The van der Waals surface area contributed by atoms with Gasteiger partial charge in [-0.3, -0.25) is 4.57 Å². The highest BCUT2D eigenvalue weighted by atomic mass is 32.1. The Bertz CT molecular complexity index is 619. The van der Waals surface area contributed by atoms with E-state index in [1.165, 1.54) is 10.9 Å². The molecule has 11 nitrogen and oxygen atoms in total. The Morgan fingerprint density at radius 3 is 2.68 bits per heavy atom. The second-order valence-electron chi connectivity index (χ2n) is 4.54. The summed E-state index contributed by atoms with van der Waals surface area (Å²) in [6.45, 7) is -0.740. The van der Waals surface area contributed by atoms with Crippen LogP contribution in [0.15, 0.2) is 6.33 Å². The first kappa shape index (κ1) is 17.2. The number of phosphoric acid groups is 1. The highest BCUT2D eigenvalue weighted by Gasteiger charge is 2.44. The molecule has 124 valence electrons. The van der Waals surface area contributed by atoms with Gasteiger partial charge in [-0.15, -0.1) is 0 Å². The number of imidazole rings is 1. The predicted octanol–water partition coefficient (Wildman–Crippen LogP) is -3.44. The molecule has 22 heavy (non-hydrogen) atoms. The molecule has 2 heterocycles. The molecular weight excluding hydrogens is 339 g/mol. The lowest BCUT2D eigenvalue weighted by molar-refractivity contribution is -0.343. The van der Waals surface area contributed by atoms with Crippen molar-refractivity contribution in [3.8, 4) is 0 Å². The van der Waals surface area contributed by atoms with E-state index in [1.54, 1.807) is 0 Å². The number of aliphatic hydroxyl groups is 2. The van der Waals surface area contributed by atoms with Crippen molar-refractivity contribution in [1.82, 2.24) is 9.55 Å². The van der Waals surface area contributed by atoms with Crippen LogP contribution in [0.4, 0.5) is 5.82 Å². The fourth-order valence-electron chi connectivity index (χ4n) is 2.02. The van der Waals surface area contributed by atoms with Gasteiger partial charge in [0.1, 0.15) is 34.8 Å². The van der Waals surface area contributed by atoms with Gasteiger partial charge in [0.05, 0.1) is 20.8 Å². The quantitative estimate of drug-likeness (QED) is 0.304. The molecule has 0 aliphatic carbocycles. The Kier molecular flexibility index (Phi) is 4.84. The van der Waals surface area contributed by atoms with Crippen molar-refractivity contribution in [3.63, 3.8) is 0 Å². The van der Waals surface area contributed by atoms with Crippen molar-refractivity contribution >= 4 is 30.8 Å². The van der Waals surface area contributed by atoms with Crippen LogP contribution in [0.3, 0.4) is 0 Å². The fraction of sp³-hybridized carbons (Fsp3) is 0.556. The Morgan fingerprint density at radius 2 is 2.18 bits per heavy atom. The van der Waals surface area contributed by atoms with Gasteiger partial charge in [-0.25, -0.2) is 4.98 Å². The van der Waals surface area contributed by atoms with E-state index in [-0.39, 0.29) is 16.5 Å². The average Bonchev–Trinajstić information content (AvgIpc) is 2.90. The van der Waals surface area contributed by atoms with Crippen LogP contribution in [0.5, 0.6) is 0 Å². The van der Waals surface area contributed by atoms with Crippen molar-refractivity contribution < 1.29 is 33.8 Å². The molecule has 0 radical (unpaired) electrons. The van der Waals surface area contributed by atoms with Gasteiger partial charge < -0.3 is 45.3 Å². The van der Waals surface area contributed by atoms with Crippen LogP contribution in [0.1, 0.15) is 11.9 Å². The van der Waals surface area contributed by atoms with Crippen LogP contribution in [-0.2, 0) is 13.8 Å². The zero-order valence-corrected chi connectivity index (χ0v) is 12.6. The number of aliphatic hydroxyl groups excluding tert-OH is 2. The number of aromatic nitrogens is 2. The van der Waals surface area contributed by atoms with E-state index in [9.17, 15) is 24.6 Å². The van der Waals surface area contributed by atoms with Gasteiger partial charge in [0.2, 0.25) is 0 Å². The summed E-state index contributed by atoms with van der Waals surface area (Å²) >= 11 is 4.74. The molecule has 1 aromatic heterocycles. The van der Waals surface area contributed by atoms with Crippen molar-refractivity contribution in [2.75, 3.05) is 12.3 Å². The van der Waals surface area contributed by atoms with Gasteiger partial charge in [0.25, 0.3) is 0 Å².